The van der Waals surface area contributed by atoms with Crippen LogP contribution in [0.5, 0.6) is 0 Å². The Morgan fingerprint density at radius 3 is 2.27 bits per heavy atom. The first-order chi connectivity index (χ1) is 12.6. The predicted molar refractivity (Wildman–Crippen MR) is 108 cm³/mol. The van der Waals surface area contributed by atoms with Gasteiger partial charge in [-0.25, -0.2) is 0 Å². The predicted octanol–water partition coefficient (Wildman–Crippen LogP) is 1.10. The van der Waals surface area contributed by atoms with Crippen LogP contribution in [0.3, 0.4) is 0 Å². The van der Waals surface area contributed by atoms with Crippen molar-refractivity contribution < 1.29 is 9.59 Å². The summed E-state index contributed by atoms with van der Waals surface area (Å²) in [4.78, 5) is 22.3. The third-order valence-corrected chi connectivity index (χ3v) is 3.43. The number of allylic oxidation sites excluding steroid dienone is 1. The highest BCUT2D eigenvalue weighted by Crippen LogP contribution is 2.06. The fourth-order valence-corrected chi connectivity index (χ4v) is 2.03. The van der Waals surface area contributed by atoms with E-state index >= 15 is 0 Å². The maximum absolute atomic E-state index is 11.0. The van der Waals surface area contributed by atoms with Crippen molar-refractivity contribution in [3.05, 3.63) is 60.7 Å². The summed E-state index contributed by atoms with van der Waals surface area (Å²) in [6, 6.07) is 8.64. The number of nitrogens with one attached hydrogen (secondary N) is 3. The molecule has 0 aliphatic heterocycles. The first-order valence-electron chi connectivity index (χ1n) is 8.65. The van der Waals surface area contributed by atoms with E-state index in [0.29, 0.717) is 12.8 Å². The average Bonchev–Trinajstić information content (AvgIpc) is 2.67. The number of rotatable bonds is 12. The number of carbonyl (C=O) groups is 2. The Bertz CT molecular complexity index is 523. The summed E-state index contributed by atoms with van der Waals surface area (Å²) in [5.41, 5.74) is 2.57. The third-order valence-electron chi connectivity index (χ3n) is 3.43. The summed E-state index contributed by atoms with van der Waals surface area (Å²) >= 11 is 0. The van der Waals surface area contributed by atoms with Crippen LogP contribution in [-0.2, 0) is 22.7 Å². The van der Waals surface area contributed by atoms with Crippen LogP contribution in [0.4, 0.5) is 0 Å². The van der Waals surface area contributed by atoms with Gasteiger partial charge >= 0.3 is 0 Å². The van der Waals surface area contributed by atoms with E-state index < -0.39 is 0 Å². The quantitative estimate of drug-likeness (QED) is 0.296. The van der Waals surface area contributed by atoms with Crippen molar-refractivity contribution >= 4 is 12.2 Å². The molecule has 0 fully saturated rings. The van der Waals surface area contributed by atoms with Crippen molar-refractivity contribution in [3.63, 3.8) is 0 Å². The van der Waals surface area contributed by atoms with Crippen molar-refractivity contribution in [1.82, 2.24) is 20.9 Å². The molecule has 26 heavy (non-hydrogen) atoms. The molecular weight excluding hydrogens is 328 g/mol. The molecule has 0 bridgehead atoms. The molecule has 3 N–H and O–H groups in total. The molecule has 0 aromatic heterocycles. The van der Waals surface area contributed by atoms with Crippen molar-refractivity contribution in [2.45, 2.75) is 13.1 Å². The molecule has 0 spiro atoms. The second-order valence-electron chi connectivity index (χ2n) is 5.70. The molecule has 1 aromatic carbocycles. The highest BCUT2D eigenvalue weighted by atomic mass is 16.1. The van der Waals surface area contributed by atoms with E-state index in [4.69, 9.17) is 4.79 Å². The lowest BCUT2D eigenvalue weighted by atomic mass is 10.1. The molecule has 0 saturated heterocycles. The molecule has 0 heterocycles. The molecule has 144 valence electrons. The molecule has 6 heteroatoms. The van der Waals surface area contributed by atoms with Crippen molar-refractivity contribution in [3.8, 4) is 0 Å². The SMILES string of the molecule is C=CC(=O)NCCNCc1ccc(CN(C)CCNC)cc1.C=CC=O. The van der Waals surface area contributed by atoms with Crippen molar-refractivity contribution in [1.29, 1.82) is 0 Å². The zero-order chi connectivity index (χ0) is 19.6. The fraction of sp³-hybridized carbons (Fsp3) is 0.400. The van der Waals surface area contributed by atoms with Gasteiger partial charge in [-0.2, -0.15) is 0 Å². The standard InChI is InChI=1S/C17H28N4O.C3H4O/c1-4-17(22)20-10-9-19-13-15-5-7-16(8-6-15)14-21(3)12-11-18-2;1-2-3-4/h4-8,18-19H,1,9-14H2,2-3H3,(H,20,22);2-3H,1H2. The van der Waals surface area contributed by atoms with Gasteiger partial charge in [0.15, 0.2) is 0 Å². The highest BCUT2D eigenvalue weighted by molar-refractivity contribution is 5.86. The van der Waals surface area contributed by atoms with Gasteiger partial charge in [0.05, 0.1) is 0 Å². The molecule has 6 nitrogen and oxygen atoms in total. The van der Waals surface area contributed by atoms with Crippen LogP contribution in [0.15, 0.2) is 49.6 Å². The topological polar surface area (TPSA) is 73.5 Å². The monoisotopic (exact) mass is 360 g/mol. The van der Waals surface area contributed by atoms with Gasteiger partial charge in [-0.1, -0.05) is 37.4 Å². The number of amides is 1. The van der Waals surface area contributed by atoms with Gasteiger partial charge < -0.3 is 20.9 Å². The number of hydrogen-bond acceptors (Lipinski definition) is 5. The van der Waals surface area contributed by atoms with Crippen LogP contribution in [0.25, 0.3) is 0 Å². The molecule has 0 saturated carbocycles. The first-order valence-corrected chi connectivity index (χ1v) is 8.65. The summed E-state index contributed by atoms with van der Waals surface area (Å²) in [7, 11) is 4.10. The van der Waals surface area contributed by atoms with Crippen molar-refractivity contribution in [2.75, 3.05) is 40.3 Å². The van der Waals surface area contributed by atoms with Gasteiger partial charge in [0.2, 0.25) is 5.91 Å². The number of carbonyl (C=O) groups excluding carboxylic acids is 2. The average molecular weight is 361 g/mol. The smallest absolute Gasteiger partial charge is 0.243 e. The van der Waals surface area contributed by atoms with Crippen LogP contribution >= 0.6 is 0 Å². The second kappa shape index (κ2) is 16.2. The van der Waals surface area contributed by atoms with Crippen LogP contribution in [0, 0.1) is 0 Å². The lowest BCUT2D eigenvalue weighted by molar-refractivity contribution is -0.116. The Labute approximate surface area is 157 Å². The number of likely N-dealkylation sites (N-methyl/N-ethyl adjacent to an activating group) is 2. The van der Waals surface area contributed by atoms with E-state index in [9.17, 15) is 4.79 Å². The Kier molecular flexibility index (Phi) is 14.8. The number of nitrogens with zero attached hydrogens (tertiary/aromatic N) is 1. The maximum atomic E-state index is 11.0. The normalized spacial score (nSPS) is 9.81. The molecule has 0 aliphatic rings. The molecule has 1 aromatic rings. The van der Waals surface area contributed by atoms with E-state index in [1.807, 2.05) is 7.05 Å². The number of hydrogen-bond donors (Lipinski definition) is 3. The zero-order valence-electron chi connectivity index (χ0n) is 16.0. The Balaban J connectivity index is 0.00000141. The van der Waals surface area contributed by atoms with Gasteiger partial charge in [0.25, 0.3) is 0 Å². The Hall–Kier alpha value is -2.28. The Morgan fingerprint density at radius 1 is 1.12 bits per heavy atom. The molecule has 1 amide bonds. The number of benzene rings is 1. The summed E-state index contributed by atoms with van der Waals surface area (Å²) in [5.74, 6) is -0.131. The minimum atomic E-state index is -0.131. The van der Waals surface area contributed by atoms with Gasteiger partial charge in [-0.15, -0.1) is 0 Å². The maximum Gasteiger partial charge on any atom is 0.243 e. The molecule has 0 atom stereocenters. The summed E-state index contributed by atoms with van der Waals surface area (Å²) in [5, 5.41) is 9.19. The van der Waals surface area contributed by atoms with Gasteiger partial charge in [0, 0.05) is 39.3 Å². The fourth-order valence-electron chi connectivity index (χ4n) is 2.03. The Morgan fingerprint density at radius 2 is 1.73 bits per heavy atom. The minimum absolute atomic E-state index is 0.131. The largest absolute Gasteiger partial charge is 0.351 e. The molecule has 0 aliphatic carbocycles. The van der Waals surface area contributed by atoms with Crippen LogP contribution in [-0.4, -0.2) is 57.4 Å². The zero-order valence-corrected chi connectivity index (χ0v) is 16.0. The van der Waals surface area contributed by atoms with E-state index in [1.54, 1.807) is 0 Å². The summed E-state index contributed by atoms with van der Waals surface area (Å²) < 4.78 is 0. The van der Waals surface area contributed by atoms with Gasteiger partial charge in [0.1, 0.15) is 6.29 Å². The lowest BCUT2D eigenvalue weighted by Crippen LogP contribution is -2.30. The van der Waals surface area contributed by atoms with E-state index in [1.165, 1.54) is 23.3 Å². The van der Waals surface area contributed by atoms with Crippen LogP contribution in [0.2, 0.25) is 0 Å². The highest BCUT2D eigenvalue weighted by Gasteiger charge is 2.00. The van der Waals surface area contributed by atoms with E-state index in [2.05, 4.69) is 65.3 Å². The molecule has 0 radical (unpaired) electrons. The van der Waals surface area contributed by atoms with Gasteiger partial charge in [-0.3, -0.25) is 9.59 Å². The van der Waals surface area contributed by atoms with Crippen molar-refractivity contribution in [2.24, 2.45) is 0 Å². The van der Waals surface area contributed by atoms with E-state index in [0.717, 1.165) is 32.7 Å². The van der Waals surface area contributed by atoms with E-state index in [-0.39, 0.29) is 5.91 Å². The number of aldehydes is 1. The third kappa shape index (κ3) is 13.1. The molecule has 0 unspecified atom stereocenters. The summed E-state index contributed by atoms with van der Waals surface area (Å²) in [6.07, 6.45) is 3.12. The van der Waals surface area contributed by atoms with Crippen LogP contribution in [0.1, 0.15) is 11.1 Å². The van der Waals surface area contributed by atoms with Crippen LogP contribution < -0.4 is 16.0 Å². The summed E-state index contributed by atoms with van der Waals surface area (Å²) in [6.45, 7) is 11.7. The minimum Gasteiger partial charge on any atom is -0.351 e. The molecular formula is C20H32N4O2. The lowest BCUT2D eigenvalue weighted by Gasteiger charge is -2.16. The van der Waals surface area contributed by atoms with Gasteiger partial charge in [-0.05, 0) is 37.4 Å². The second-order valence-corrected chi connectivity index (χ2v) is 5.70. The molecule has 1 rings (SSSR count). The first kappa shape index (κ1) is 23.7.